The van der Waals surface area contributed by atoms with Crippen LogP contribution < -0.4 is 20.4 Å². The van der Waals surface area contributed by atoms with Crippen molar-refractivity contribution in [3.05, 3.63) is 36.0 Å². The van der Waals surface area contributed by atoms with E-state index < -0.39 is 5.41 Å². The molecule has 1 atom stereocenters. The van der Waals surface area contributed by atoms with Crippen molar-refractivity contribution in [2.45, 2.75) is 70.9 Å². The van der Waals surface area contributed by atoms with Crippen molar-refractivity contribution < 1.29 is 9.59 Å². The number of aromatic nitrogens is 2. The Morgan fingerprint density at radius 2 is 1.79 bits per heavy atom. The second-order valence-corrected chi connectivity index (χ2v) is 11.7. The molecule has 0 radical (unpaired) electrons. The van der Waals surface area contributed by atoms with Crippen LogP contribution in [0.15, 0.2) is 30.5 Å². The fourth-order valence-electron chi connectivity index (χ4n) is 6.67. The number of carbonyl (C=O) groups is 2. The minimum absolute atomic E-state index is 0.0897. The maximum atomic E-state index is 14.0. The summed E-state index contributed by atoms with van der Waals surface area (Å²) in [5.41, 5.74) is 1.71. The van der Waals surface area contributed by atoms with Crippen molar-refractivity contribution in [1.29, 1.82) is 0 Å². The summed E-state index contributed by atoms with van der Waals surface area (Å²) in [5, 5.41) is 6.25. The largest absolute Gasteiger partial charge is 0.369 e. The Morgan fingerprint density at radius 1 is 1.05 bits per heavy atom. The molecule has 4 heterocycles. The van der Waals surface area contributed by atoms with Crippen LogP contribution >= 0.6 is 0 Å². The van der Waals surface area contributed by atoms with Crippen molar-refractivity contribution in [3.8, 4) is 0 Å². The molecule has 2 aromatic rings. The Bertz CT molecular complexity index is 1210. The number of hydrogen-bond donors (Lipinski definition) is 2. The van der Waals surface area contributed by atoms with Gasteiger partial charge in [-0.2, -0.15) is 4.98 Å². The molecule has 6 rings (SSSR count). The Morgan fingerprint density at radius 3 is 2.37 bits per heavy atom. The first kappa shape index (κ1) is 25.1. The molecule has 2 saturated heterocycles. The maximum absolute atomic E-state index is 14.0. The molecule has 4 aliphatic rings. The molecule has 38 heavy (non-hydrogen) atoms. The molecule has 1 aliphatic carbocycles. The van der Waals surface area contributed by atoms with Gasteiger partial charge in [-0.25, -0.2) is 4.98 Å². The van der Waals surface area contributed by atoms with E-state index in [1.165, 1.54) is 5.69 Å². The lowest BCUT2D eigenvalue weighted by atomic mass is 9.69. The van der Waals surface area contributed by atoms with Crippen LogP contribution in [-0.4, -0.2) is 71.0 Å². The van der Waals surface area contributed by atoms with E-state index in [0.717, 1.165) is 63.1 Å². The van der Waals surface area contributed by atoms with Gasteiger partial charge in [-0.05, 0) is 70.2 Å². The monoisotopic (exact) mass is 517 g/mol. The second-order valence-electron chi connectivity index (χ2n) is 11.7. The third-order valence-electron chi connectivity index (χ3n) is 9.38. The molecule has 202 valence electrons. The number of nitrogens with zero attached hydrogens (tertiary/aromatic N) is 5. The Labute approximate surface area is 225 Å². The van der Waals surface area contributed by atoms with Gasteiger partial charge in [-0.1, -0.05) is 6.92 Å². The summed E-state index contributed by atoms with van der Waals surface area (Å²) in [4.78, 5) is 43.3. The highest BCUT2D eigenvalue weighted by Gasteiger charge is 2.59. The molecule has 1 aromatic carbocycles. The number of carbonyl (C=O) groups excluding carboxylic acids is 2. The Kier molecular flexibility index (Phi) is 6.29. The number of hydrogen-bond acceptors (Lipinski definition) is 7. The van der Waals surface area contributed by atoms with E-state index >= 15 is 0 Å². The first-order valence-electron chi connectivity index (χ1n) is 14.2. The molecule has 0 unspecified atom stereocenters. The summed E-state index contributed by atoms with van der Waals surface area (Å²) >= 11 is 0. The predicted octanol–water partition coefficient (Wildman–Crippen LogP) is 3.48. The van der Waals surface area contributed by atoms with Gasteiger partial charge in [-0.3, -0.25) is 19.4 Å². The zero-order valence-corrected chi connectivity index (χ0v) is 22.8. The van der Waals surface area contributed by atoms with Gasteiger partial charge in [0.15, 0.2) is 0 Å². The lowest BCUT2D eigenvalue weighted by Crippen LogP contribution is -2.64. The van der Waals surface area contributed by atoms with Gasteiger partial charge in [0.05, 0.1) is 0 Å². The highest BCUT2D eigenvalue weighted by Crippen LogP contribution is 2.50. The molecule has 2 amide bonds. The maximum Gasteiger partial charge on any atom is 0.244 e. The number of nitrogens with one attached hydrogen (secondary N) is 2. The van der Waals surface area contributed by atoms with Gasteiger partial charge in [0.1, 0.15) is 11.2 Å². The zero-order valence-electron chi connectivity index (χ0n) is 22.8. The Hall–Kier alpha value is -3.20. The average Bonchev–Trinajstić information content (AvgIpc) is 3.27. The summed E-state index contributed by atoms with van der Waals surface area (Å²) in [6, 6.07) is 9.00. The molecule has 1 saturated carbocycles. The highest BCUT2D eigenvalue weighted by atomic mass is 16.2. The highest BCUT2D eigenvalue weighted by molar-refractivity contribution is 6.15. The van der Waals surface area contributed by atoms with Crippen LogP contribution in [0.25, 0.3) is 0 Å². The van der Waals surface area contributed by atoms with E-state index in [9.17, 15) is 9.59 Å². The van der Waals surface area contributed by atoms with Crippen LogP contribution in [0.5, 0.6) is 0 Å². The van der Waals surface area contributed by atoms with Crippen LogP contribution in [0.3, 0.4) is 0 Å². The number of fused-ring (bicyclic) bond motifs is 1. The number of piperazine rings is 1. The van der Waals surface area contributed by atoms with E-state index in [2.05, 4.69) is 70.5 Å². The Balaban J connectivity index is 1.24. The smallest absolute Gasteiger partial charge is 0.244 e. The van der Waals surface area contributed by atoms with E-state index in [1.807, 2.05) is 11.1 Å². The minimum atomic E-state index is -1.03. The molecule has 9 heteroatoms. The fourth-order valence-corrected chi connectivity index (χ4v) is 6.67. The lowest BCUT2D eigenvalue weighted by Gasteiger charge is -2.53. The average molecular weight is 518 g/mol. The molecular weight excluding hydrogens is 478 g/mol. The zero-order chi connectivity index (χ0) is 26.5. The lowest BCUT2D eigenvalue weighted by molar-refractivity contribution is -0.141. The van der Waals surface area contributed by atoms with Crippen molar-refractivity contribution >= 4 is 35.0 Å². The number of amides is 2. The van der Waals surface area contributed by atoms with Crippen molar-refractivity contribution in [2.24, 2.45) is 5.41 Å². The third kappa shape index (κ3) is 4.02. The summed E-state index contributed by atoms with van der Waals surface area (Å²) < 4.78 is 0. The predicted molar refractivity (Wildman–Crippen MR) is 149 cm³/mol. The second kappa shape index (κ2) is 9.52. The van der Waals surface area contributed by atoms with Crippen molar-refractivity contribution in [3.63, 3.8) is 0 Å². The standard InChI is InChI=1S/C29H39N7O2/c1-4-28(10-5-11-28)36-24-21(18-29(26(36)38)12-13-30-25(29)37)19-31-27(33-24)32-22-6-8-23(9-7-22)35-16-14-34(15-17-35)20(2)3/h6-9,19-20H,4-5,10-18H2,1-3H3,(H,30,37)(H,31,32,33)/t29-/m1/s1. The first-order valence-corrected chi connectivity index (χ1v) is 14.2. The molecule has 1 aromatic heterocycles. The van der Waals surface area contributed by atoms with E-state index in [-0.39, 0.29) is 17.4 Å². The first-order chi connectivity index (χ1) is 18.3. The number of anilines is 4. The molecular formula is C29H39N7O2. The third-order valence-corrected chi connectivity index (χ3v) is 9.38. The minimum Gasteiger partial charge on any atom is -0.369 e. The topological polar surface area (TPSA) is 93.7 Å². The van der Waals surface area contributed by atoms with Gasteiger partial charge in [0, 0.05) is 73.9 Å². The number of benzene rings is 1. The fraction of sp³-hybridized carbons (Fsp3) is 0.586. The van der Waals surface area contributed by atoms with Gasteiger partial charge >= 0.3 is 0 Å². The van der Waals surface area contributed by atoms with Crippen LogP contribution in [0.4, 0.5) is 23.1 Å². The van der Waals surface area contributed by atoms with Gasteiger partial charge < -0.3 is 15.5 Å². The van der Waals surface area contributed by atoms with Crippen molar-refractivity contribution in [2.75, 3.05) is 47.8 Å². The van der Waals surface area contributed by atoms with Crippen molar-refractivity contribution in [1.82, 2.24) is 20.2 Å². The summed E-state index contributed by atoms with van der Waals surface area (Å²) in [5.74, 6) is 0.890. The van der Waals surface area contributed by atoms with Crippen LogP contribution in [0.2, 0.25) is 0 Å². The molecule has 3 aliphatic heterocycles. The molecule has 2 N–H and O–H groups in total. The molecule has 0 bridgehead atoms. The van der Waals surface area contributed by atoms with E-state index in [4.69, 9.17) is 4.98 Å². The normalized spacial score (nSPS) is 24.9. The summed E-state index contributed by atoms with van der Waals surface area (Å²) in [7, 11) is 0. The summed E-state index contributed by atoms with van der Waals surface area (Å²) in [6.45, 7) is 11.4. The van der Waals surface area contributed by atoms with Gasteiger partial charge in [0.25, 0.3) is 0 Å². The van der Waals surface area contributed by atoms with Gasteiger partial charge in [-0.15, -0.1) is 0 Å². The SMILES string of the molecule is CCC1(N2C(=O)[C@]3(CCNC3=O)Cc3cnc(Nc4ccc(N5CCN(C(C)C)CC5)cc4)nc32)CCC1. The molecule has 9 nitrogen and oxygen atoms in total. The molecule has 3 fully saturated rings. The van der Waals surface area contributed by atoms with Crippen LogP contribution in [0.1, 0.15) is 58.4 Å². The number of rotatable bonds is 6. The quantitative estimate of drug-likeness (QED) is 0.567. The van der Waals surface area contributed by atoms with E-state index in [1.54, 1.807) is 0 Å². The van der Waals surface area contributed by atoms with E-state index in [0.29, 0.717) is 37.2 Å². The van der Waals surface area contributed by atoms with Gasteiger partial charge in [0.2, 0.25) is 17.8 Å². The molecule has 1 spiro atoms. The van der Waals surface area contributed by atoms with Crippen LogP contribution in [-0.2, 0) is 16.0 Å². The van der Waals surface area contributed by atoms with Crippen LogP contribution in [0, 0.1) is 5.41 Å². The summed E-state index contributed by atoms with van der Waals surface area (Å²) in [6.07, 6.45) is 6.50.